The van der Waals surface area contributed by atoms with Gasteiger partial charge >= 0.3 is 0 Å². The SMILES string of the molecule is COc1cccc(F)c1C(C)NC(=O)C1CC2CCCC(C1)C2N. The highest BCUT2D eigenvalue weighted by Crippen LogP contribution is 2.42. The highest BCUT2D eigenvalue weighted by atomic mass is 19.1. The van der Waals surface area contributed by atoms with Crippen molar-refractivity contribution in [3.05, 3.63) is 29.6 Å². The molecule has 2 bridgehead atoms. The molecule has 1 aromatic rings. The molecule has 4 nitrogen and oxygen atoms in total. The normalized spacial score (nSPS) is 30.5. The number of halogens is 1. The van der Waals surface area contributed by atoms with Crippen molar-refractivity contribution in [1.29, 1.82) is 0 Å². The zero-order chi connectivity index (χ0) is 17.3. The fourth-order valence-electron chi connectivity index (χ4n) is 4.52. The van der Waals surface area contributed by atoms with Gasteiger partial charge in [-0.15, -0.1) is 0 Å². The van der Waals surface area contributed by atoms with Crippen molar-refractivity contribution in [2.45, 2.75) is 51.1 Å². The minimum atomic E-state index is -0.427. The number of hydrogen-bond acceptors (Lipinski definition) is 3. The molecule has 2 aliphatic carbocycles. The van der Waals surface area contributed by atoms with Crippen LogP contribution in [0.1, 0.15) is 50.6 Å². The number of nitrogens with two attached hydrogens (primary N) is 1. The van der Waals surface area contributed by atoms with Crippen molar-refractivity contribution >= 4 is 5.91 Å². The topological polar surface area (TPSA) is 64.3 Å². The number of nitrogens with one attached hydrogen (secondary N) is 1. The van der Waals surface area contributed by atoms with Crippen LogP contribution in [-0.4, -0.2) is 19.1 Å². The van der Waals surface area contributed by atoms with Gasteiger partial charge in [-0.25, -0.2) is 4.39 Å². The quantitative estimate of drug-likeness (QED) is 0.889. The molecule has 24 heavy (non-hydrogen) atoms. The fraction of sp³-hybridized carbons (Fsp3) is 0.632. The summed E-state index contributed by atoms with van der Waals surface area (Å²) >= 11 is 0. The largest absolute Gasteiger partial charge is 0.496 e. The first-order chi connectivity index (χ1) is 11.5. The summed E-state index contributed by atoms with van der Waals surface area (Å²) in [5, 5.41) is 2.99. The molecular formula is C19H27FN2O2. The minimum Gasteiger partial charge on any atom is -0.496 e. The standard InChI is InChI=1S/C19H27FN2O2/c1-11(17-15(20)7-4-8-16(17)24-2)22-19(23)14-9-12-5-3-6-13(10-14)18(12)21/h4,7-8,11-14,18H,3,5-6,9-10,21H2,1-2H3,(H,22,23). The van der Waals surface area contributed by atoms with Gasteiger partial charge in [0.2, 0.25) is 5.91 Å². The summed E-state index contributed by atoms with van der Waals surface area (Å²) < 4.78 is 19.4. The maximum Gasteiger partial charge on any atom is 0.223 e. The Balaban J connectivity index is 1.69. The number of ether oxygens (including phenoxy) is 1. The predicted octanol–water partition coefficient (Wildman–Crippen LogP) is 3.17. The van der Waals surface area contributed by atoms with Crippen LogP contribution in [0.15, 0.2) is 18.2 Å². The van der Waals surface area contributed by atoms with Gasteiger partial charge in [-0.05, 0) is 56.6 Å². The molecule has 2 fully saturated rings. The molecule has 0 saturated heterocycles. The van der Waals surface area contributed by atoms with Crippen molar-refractivity contribution in [2.24, 2.45) is 23.5 Å². The number of methoxy groups -OCH3 is 1. The summed E-state index contributed by atoms with van der Waals surface area (Å²) in [5.74, 6) is 1.00. The number of hydrogen-bond donors (Lipinski definition) is 2. The molecule has 5 heteroatoms. The van der Waals surface area contributed by atoms with Gasteiger partial charge in [-0.3, -0.25) is 4.79 Å². The first-order valence-electron chi connectivity index (χ1n) is 8.89. The zero-order valence-corrected chi connectivity index (χ0v) is 14.4. The average molecular weight is 334 g/mol. The molecule has 0 aromatic heterocycles. The third-order valence-corrected chi connectivity index (χ3v) is 5.81. The van der Waals surface area contributed by atoms with Crippen molar-refractivity contribution in [3.63, 3.8) is 0 Å². The summed E-state index contributed by atoms with van der Waals surface area (Å²) in [6.07, 6.45) is 5.17. The first kappa shape index (κ1) is 17.2. The van der Waals surface area contributed by atoms with E-state index in [0.29, 0.717) is 23.1 Å². The van der Waals surface area contributed by atoms with Crippen LogP contribution < -0.4 is 15.8 Å². The Labute approximate surface area is 142 Å². The summed E-state index contributed by atoms with van der Waals surface area (Å²) in [7, 11) is 1.51. The summed E-state index contributed by atoms with van der Waals surface area (Å²) in [6, 6.07) is 4.53. The highest BCUT2D eigenvalue weighted by molar-refractivity contribution is 5.79. The molecule has 2 saturated carbocycles. The maximum absolute atomic E-state index is 14.2. The second-order valence-corrected chi connectivity index (χ2v) is 7.28. The second kappa shape index (κ2) is 7.09. The molecule has 0 heterocycles. The average Bonchev–Trinajstić information content (AvgIpc) is 2.53. The Bertz CT molecular complexity index is 593. The smallest absolute Gasteiger partial charge is 0.223 e. The number of benzene rings is 1. The molecule has 1 aromatic carbocycles. The maximum atomic E-state index is 14.2. The molecule has 3 unspecified atom stereocenters. The lowest BCUT2D eigenvalue weighted by Gasteiger charge is -2.43. The molecule has 0 aliphatic heterocycles. The van der Waals surface area contributed by atoms with Gasteiger partial charge in [0.25, 0.3) is 0 Å². The Morgan fingerprint density at radius 2 is 2.00 bits per heavy atom. The van der Waals surface area contributed by atoms with Crippen LogP contribution in [0.3, 0.4) is 0 Å². The third-order valence-electron chi connectivity index (χ3n) is 5.81. The van der Waals surface area contributed by atoms with Crippen LogP contribution in [0.25, 0.3) is 0 Å². The van der Waals surface area contributed by atoms with Gasteiger partial charge < -0.3 is 15.8 Å². The van der Waals surface area contributed by atoms with E-state index >= 15 is 0 Å². The van der Waals surface area contributed by atoms with Gasteiger partial charge in [0.15, 0.2) is 0 Å². The van der Waals surface area contributed by atoms with E-state index in [4.69, 9.17) is 10.5 Å². The van der Waals surface area contributed by atoms with Crippen LogP contribution in [-0.2, 0) is 4.79 Å². The van der Waals surface area contributed by atoms with E-state index < -0.39 is 6.04 Å². The number of fused-ring (bicyclic) bond motifs is 2. The summed E-state index contributed by atoms with van der Waals surface area (Å²) in [5.41, 5.74) is 6.70. The lowest BCUT2D eigenvalue weighted by molar-refractivity contribution is -0.128. The molecule has 3 N–H and O–H groups in total. The molecule has 2 aliphatic rings. The Morgan fingerprint density at radius 3 is 2.62 bits per heavy atom. The molecule has 0 spiro atoms. The highest BCUT2D eigenvalue weighted by Gasteiger charge is 2.40. The lowest BCUT2D eigenvalue weighted by Crippen LogP contribution is -2.49. The van der Waals surface area contributed by atoms with Crippen LogP contribution >= 0.6 is 0 Å². The van der Waals surface area contributed by atoms with E-state index in [1.54, 1.807) is 19.1 Å². The monoisotopic (exact) mass is 334 g/mol. The first-order valence-corrected chi connectivity index (χ1v) is 8.89. The van der Waals surface area contributed by atoms with Crippen LogP contribution in [0.2, 0.25) is 0 Å². The molecule has 1 amide bonds. The van der Waals surface area contributed by atoms with Crippen molar-refractivity contribution in [2.75, 3.05) is 7.11 Å². The van der Waals surface area contributed by atoms with Gasteiger partial charge in [0, 0.05) is 12.0 Å². The summed E-state index contributed by atoms with van der Waals surface area (Å²) in [4.78, 5) is 12.7. The lowest BCUT2D eigenvalue weighted by atomic mass is 9.65. The van der Waals surface area contributed by atoms with Crippen LogP contribution in [0.4, 0.5) is 4.39 Å². The fourth-order valence-corrected chi connectivity index (χ4v) is 4.52. The number of carbonyl (C=O) groups is 1. The van der Waals surface area contributed by atoms with Gasteiger partial charge in [-0.2, -0.15) is 0 Å². The molecule has 132 valence electrons. The summed E-state index contributed by atoms with van der Waals surface area (Å²) in [6.45, 7) is 1.80. The number of rotatable bonds is 4. The molecule has 0 radical (unpaired) electrons. The van der Waals surface area contributed by atoms with E-state index in [1.807, 2.05) is 0 Å². The van der Waals surface area contributed by atoms with E-state index in [2.05, 4.69) is 5.32 Å². The van der Waals surface area contributed by atoms with E-state index in [0.717, 1.165) is 25.7 Å². The van der Waals surface area contributed by atoms with E-state index in [1.165, 1.54) is 19.6 Å². The third kappa shape index (κ3) is 3.27. The van der Waals surface area contributed by atoms with E-state index in [9.17, 15) is 9.18 Å². The van der Waals surface area contributed by atoms with Gasteiger partial charge in [0.1, 0.15) is 11.6 Å². The number of amides is 1. The Morgan fingerprint density at radius 1 is 1.33 bits per heavy atom. The predicted molar refractivity (Wildman–Crippen MR) is 91.0 cm³/mol. The molecular weight excluding hydrogens is 307 g/mol. The van der Waals surface area contributed by atoms with E-state index in [-0.39, 0.29) is 23.7 Å². The van der Waals surface area contributed by atoms with Gasteiger partial charge in [0.05, 0.1) is 18.7 Å². The van der Waals surface area contributed by atoms with Crippen molar-refractivity contribution in [1.82, 2.24) is 5.32 Å². The Hall–Kier alpha value is -1.62. The number of carbonyl (C=O) groups excluding carboxylic acids is 1. The molecule has 3 atom stereocenters. The minimum absolute atomic E-state index is 0.0107. The van der Waals surface area contributed by atoms with Crippen molar-refractivity contribution in [3.8, 4) is 5.75 Å². The molecule has 3 rings (SSSR count). The van der Waals surface area contributed by atoms with Crippen LogP contribution in [0, 0.1) is 23.6 Å². The van der Waals surface area contributed by atoms with Crippen molar-refractivity contribution < 1.29 is 13.9 Å². The zero-order valence-electron chi connectivity index (χ0n) is 14.4. The Kier molecular flexibility index (Phi) is 5.09. The second-order valence-electron chi connectivity index (χ2n) is 7.28. The van der Waals surface area contributed by atoms with Gasteiger partial charge in [-0.1, -0.05) is 12.5 Å². The van der Waals surface area contributed by atoms with Crippen LogP contribution in [0.5, 0.6) is 5.75 Å².